The molecule has 0 aliphatic carbocycles. The molecule has 1 amide bonds. The Bertz CT molecular complexity index is 460. The Balaban J connectivity index is 2.53. The van der Waals surface area contributed by atoms with Crippen molar-refractivity contribution in [3.8, 4) is 0 Å². The Morgan fingerprint density at radius 1 is 1.50 bits per heavy atom. The Morgan fingerprint density at radius 2 is 2.17 bits per heavy atom. The van der Waals surface area contributed by atoms with E-state index in [2.05, 4.69) is 26.2 Å². The van der Waals surface area contributed by atoms with Gasteiger partial charge in [0, 0.05) is 12.6 Å². The summed E-state index contributed by atoms with van der Waals surface area (Å²) in [5.41, 5.74) is -0.329. The zero-order valence-corrected chi connectivity index (χ0v) is 11.8. The molecular formula is C12H15BrN2O3. The smallest absolute Gasteiger partial charge is 0.328 e. The second-order valence-electron chi connectivity index (χ2n) is 4.43. The summed E-state index contributed by atoms with van der Waals surface area (Å²) in [5, 5.41) is 11.4. The minimum Gasteiger partial charge on any atom is -0.480 e. The Hall–Kier alpha value is -1.43. The van der Waals surface area contributed by atoms with Crippen LogP contribution in [0.25, 0.3) is 0 Å². The number of amides is 1. The largest absolute Gasteiger partial charge is 0.480 e. The molecule has 0 unspecified atom stereocenters. The van der Waals surface area contributed by atoms with Gasteiger partial charge in [-0.15, -0.1) is 0 Å². The van der Waals surface area contributed by atoms with E-state index in [0.29, 0.717) is 11.0 Å². The highest BCUT2D eigenvalue weighted by Crippen LogP contribution is 2.14. The van der Waals surface area contributed by atoms with Crippen molar-refractivity contribution in [3.63, 3.8) is 0 Å². The number of hydrogen-bond acceptors (Lipinski definition) is 3. The quantitative estimate of drug-likeness (QED) is 0.812. The summed E-state index contributed by atoms with van der Waals surface area (Å²) in [6, 6.07) is 3.66. The predicted octanol–water partition coefficient (Wildman–Crippen LogP) is 1.76. The Morgan fingerprint density at radius 3 is 2.72 bits per heavy atom. The van der Waals surface area contributed by atoms with Gasteiger partial charge in [0.1, 0.15) is 10.1 Å². The highest BCUT2D eigenvalue weighted by Gasteiger charge is 2.28. The maximum atomic E-state index is 11.6. The van der Waals surface area contributed by atoms with Gasteiger partial charge < -0.3 is 10.4 Å². The summed E-state index contributed by atoms with van der Waals surface area (Å²) < 4.78 is 0.704. The maximum Gasteiger partial charge on any atom is 0.328 e. The van der Waals surface area contributed by atoms with E-state index in [1.54, 1.807) is 12.3 Å². The van der Waals surface area contributed by atoms with Crippen LogP contribution in [0.1, 0.15) is 25.8 Å². The molecule has 98 valence electrons. The monoisotopic (exact) mass is 314 g/mol. The zero-order chi connectivity index (χ0) is 13.8. The topological polar surface area (TPSA) is 79.3 Å². The van der Waals surface area contributed by atoms with E-state index in [1.807, 2.05) is 6.07 Å². The van der Waals surface area contributed by atoms with Crippen molar-refractivity contribution in [2.45, 2.75) is 32.2 Å². The number of aromatic nitrogens is 1. The third kappa shape index (κ3) is 4.10. The highest BCUT2D eigenvalue weighted by atomic mass is 79.9. The van der Waals surface area contributed by atoms with Crippen LogP contribution >= 0.6 is 15.9 Å². The van der Waals surface area contributed by atoms with Gasteiger partial charge in [-0.05, 0) is 47.8 Å². The number of rotatable bonds is 5. The Kier molecular flexibility index (Phi) is 4.84. The van der Waals surface area contributed by atoms with Crippen molar-refractivity contribution in [2.75, 3.05) is 0 Å². The fourth-order valence-corrected chi connectivity index (χ4v) is 1.77. The van der Waals surface area contributed by atoms with E-state index in [4.69, 9.17) is 5.11 Å². The number of carbonyl (C=O) groups is 2. The summed E-state index contributed by atoms with van der Waals surface area (Å²) in [6.45, 7) is 2.90. The standard InChI is InChI=1S/C12H15BrN2O3/c1-12(2,11(17)18)15-9(16)6-5-8-4-3-7-14-10(8)13/h3-4,7H,5-6H2,1-2H3,(H,15,16)(H,17,18). The number of hydrogen-bond donors (Lipinski definition) is 2. The first kappa shape index (κ1) is 14.6. The fourth-order valence-electron chi connectivity index (χ4n) is 1.32. The van der Waals surface area contributed by atoms with Gasteiger partial charge in [0.2, 0.25) is 5.91 Å². The molecule has 0 atom stereocenters. The first-order valence-electron chi connectivity index (χ1n) is 5.47. The summed E-state index contributed by atoms with van der Waals surface area (Å²) in [5.74, 6) is -1.35. The van der Waals surface area contributed by atoms with Crippen LogP contribution in [0.5, 0.6) is 0 Å². The summed E-state index contributed by atoms with van der Waals surface area (Å²) >= 11 is 3.29. The van der Waals surface area contributed by atoms with Gasteiger partial charge in [0.05, 0.1) is 0 Å². The molecule has 1 rings (SSSR count). The predicted molar refractivity (Wildman–Crippen MR) is 70.1 cm³/mol. The third-order valence-electron chi connectivity index (χ3n) is 2.44. The molecule has 0 aliphatic rings. The molecule has 0 radical (unpaired) electrons. The van der Waals surface area contributed by atoms with Gasteiger partial charge in [-0.3, -0.25) is 4.79 Å². The van der Waals surface area contributed by atoms with Gasteiger partial charge in [0.25, 0.3) is 0 Å². The van der Waals surface area contributed by atoms with Crippen LogP contribution in [-0.4, -0.2) is 27.5 Å². The average molecular weight is 315 g/mol. The van der Waals surface area contributed by atoms with Crippen molar-refractivity contribution in [2.24, 2.45) is 0 Å². The van der Waals surface area contributed by atoms with Gasteiger partial charge in [-0.25, -0.2) is 9.78 Å². The van der Waals surface area contributed by atoms with Gasteiger partial charge >= 0.3 is 5.97 Å². The second-order valence-corrected chi connectivity index (χ2v) is 5.18. The van der Waals surface area contributed by atoms with Crippen LogP contribution in [0.2, 0.25) is 0 Å². The van der Waals surface area contributed by atoms with Crippen molar-refractivity contribution >= 4 is 27.8 Å². The van der Waals surface area contributed by atoms with Crippen LogP contribution in [-0.2, 0) is 16.0 Å². The van der Waals surface area contributed by atoms with Crippen molar-refractivity contribution < 1.29 is 14.7 Å². The molecular weight excluding hydrogens is 300 g/mol. The van der Waals surface area contributed by atoms with E-state index in [1.165, 1.54) is 13.8 Å². The Labute approximate surface area is 114 Å². The lowest BCUT2D eigenvalue weighted by molar-refractivity contribution is -0.146. The molecule has 1 aromatic heterocycles. The fraction of sp³-hybridized carbons (Fsp3) is 0.417. The lowest BCUT2D eigenvalue weighted by Crippen LogP contribution is -2.49. The summed E-state index contributed by atoms with van der Waals surface area (Å²) in [4.78, 5) is 26.5. The molecule has 6 heteroatoms. The lowest BCUT2D eigenvalue weighted by Gasteiger charge is -2.20. The van der Waals surface area contributed by atoms with E-state index in [-0.39, 0.29) is 12.3 Å². The number of carboxylic acids is 1. The molecule has 0 aromatic carbocycles. The molecule has 1 heterocycles. The summed E-state index contributed by atoms with van der Waals surface area (Å²) in [6.07, 6.45) is 2.39. The number of aryl methyl sites for hydroxylation is 1. The SMILES string of the molecule is CC(C)(NC(=O)CCc1cccnc1Br)C(=O)O. The van der Waals surface area contributed by atoms with E-state index >= 15 is 0 Å². The average Bonchev–Trinajstić information content (AvgIpc) is 2.27. The van der Waals surface area contributed by atoms with E-state index < -0.39 is 11.5 Å². The molecule has 5 nitrogen and oxygen atoms in total. The van der Waals surface area contributed by atoms with Crippen LogP contribution in [0.15, 0.2) is 22.9 Å². The molecule has 18 heavy (non-hydrogen) atoms. The number of aliphatic carboxylic acids is 1. The van der Waals surface area contributed by atoms with Gasteiger partial charge in [0.15, 0.2) is 0 Å². The molecule has 0 bridgehead atoms. The first-order valence-corrected chi connectivity index (χ1v) is 6.26. The number of carboxylic acid groups (broad SMARTS) is 1. The van der Waals surface area contributed by atoms with Crippen LogP contribution in [0.4, 0.5) is 0 Å². The molecule has 0 aliphatic heterocycles. The molecule has 0 fully saturated rings. The number of nitrogens with zero attached hydrogens (tertiary/aromatic N) is 1. The van der Waals surface area contributed by atoms with Gasteiger partial charge in [-0.2, -0.15) is 0 Å². The molecule has 2 N–H and O–H groups in total. The van der Waals surface area contributed by atoms with E-state index in [0.717, 1.165) is 5.56 Å². The minimum absolute atomic E-state index is 0.223. The molecule has 0 saturated carbocycles. The van der Waals surface area contributed by atoms with Crippen molar-refractivity contribution in [1.29, 1.82) is 0 Å². The number of pyridine rings is 1. The zero-order valence-electron chi connectivity index (χ0n) is 10.2. The van der Waals surface area contributed by atoms with Crippen LogP contribution in [0, 0.1) is 0 Å². The van der Waals surface area contributed by atoms with Crippen molar-refractivity contribution in [3.05, 3.63) is 28.5 Å². The van der Waals surface area contributed by atoms with E-state index in [9.17, 15) is 9.59 Å². The number of carbonyl (C=O) groups excluding carboxylic acids is 1. The van der Waals surface area contributed by atoms with Gasteiger partial charge in [-0.1, -0.05) is 6.07 Å². The molecule has 0 saturated heterocycles. The van der Waals surface area contributed by atoms with Crippen LogP contribution < -0.4 is 5.32 Å². The normalized spacial score (nSPS) is 11.1. The van der Waals surface area contributed by atoms with Crippen molar-refractivity contribution in [1.82, 2.24) is 10.3 Å². The third-order valence-corrected chi connectivity index (χ3v) is 3.16. The molecule has 0 spiro atoms. The number of halogens is 1. The highest BCUT2D eigenvalue weighted by molar-refractivity contribution is 9.10. The molecule has 1 aromatic rings. The number of nitrogens with one attached hydrogen (secondary N) is 1. The lowest BCUT2D eigenvalue weighted by atomic mass is 10.1. The second kappa shape index (κ2) is 5.95. The first-order chi connectivity index (χ1) is 8.33. The minimum atomic E-state index is -1.25. The summed E-state index contributed by atoms with van der Waals surface area (Å²) in [7, 11) is 0. The maximum absolute atomic E-state index is 11.6. The van der Waals surface area contributed by atoms with Crippen LogP contribution in [0.3, 0.4) is 0 Å².